The standard InChI is InChI=1S/C12H18N2O4S/c1-4-13-10-6-5-9(12(15)16)7-11(10)19(17,18)14-8(2)3/h5-8,13-14H,4H2,1-3H3,(H,15,16). The number of hydrogen-bond donors (Lipinski definition) is 3. The van der Waals surface area contributed by atoms with Crippen LogP contribution in [0.15, 0.2) is 23.1 Å². The van der Waals surface area contributed by atoms with Crippen LogP contribution in [-0.2, 0) is 10.0 Å². The molecule has 0 aliphatic heterocycles. The highest BCUT2D eigenvalue weighted by atomic mass is 32.2. The van der Waals surface area contributed by atoms with Crippen LogP contribution in [-0.4, -0.2) is 32.1 Å². The molecule has 1 rings (SSSR count). The molecular formula is C12H18N2O4S. The summed E-state index contributed by atoms with van der Waals surface area (Å²) in [7, 11) is -3.74. The highest BCUT2D eigenvalue weighted by Gasteiger charge is 2.21. The molecule has 1 aromatic carbocycles. The van der Waals surface area contributed by atoms with E-state index in [1.165, 1.54) is 12.1 Å². The molecule has 0 bridgehead atoms. The molecule has 0 unspecified atom stereocenters. The Kier molecular flexibility index (Phi) is 4.90. The average molecular weight is 286 g/mol. The quantitative estimate of drug-likeness (QED) is 0.736. The minimum absolute atomic E-state index is 0.0528. The van der Waals surface area contributed by atoms with Crippen LogP contribution in [0.25, 0.3) is 0 Å². The van der Waals surface area contributed by atoms with Gasteiger partial charge in [0.15, 0.2) is 0 Å². The van der Waals surface area contributed by atoms with Gasteiger partial charge in [0.25, 0.3) is 0 Å². The maximum atomic E-state index is 12.2. The summed E-state index contributed by atoms with van der Waals surface area (Å²) < 4.78 is 26.8. The van der Waals surface area contributed by atoms with E-state index in [0.29, 0.717) is 12.2 Å². The number of carboxylic acid groups (broad SMARTS) is 1. The van der Waals surface area contributed by atoms with Gasteiger partial charge in [-0.3, -0.25) is 0 Å². The lowest BCUT2D eigenvalue weighted by Gasteiger charge is -2.14. The Balaban J connectivity index is 3.36. The molecule has 0 saturated heterocycles. The second kappa shape index (κ2) is 6.03. The third kappa shape index (κ3) is 3.93. The SMILES string of the molecule is CCNc1ccc(C(=O)O)cc1S(=O)(=O)NC(C)C. The average Bonchev–Trinajstić information content (AvgIpc) is 2.27. The Morgan fingerprint density at radius 1 is 1.37 bits per heavy atom. The number of carboxylic acids is 1. The van der Waals surface area contributed by atoms with Gasteiger partial charge >= 0.3 is 5.97 Å². The first kappa shape index (κ1) is 15.5. The Morgan fingerprint density at radius 2 is 2.00 bits per heavy atom. The summed E-state index contributed by atoms with van der Waals surface area (Å²) in [4.78, 5) is 10.9. The molecule has 0 amide bonds. The van der Waals surface area contributed by atoms with E-state index in [-0.39, 0.29) is 16.5 Å². The van der Waals surface area contributed by atoms with Crippen molar-refractivity contribution < 1.29 is 18.3 Å². The van der Waals surface area contributed by atoms with Crippen LogP contribution in [0.1, 0.15) is 31.1 Å². The van der Waals surface area contributed by atoms with Crippen LogP contribution in [0.4, 0.5) is 5.69 Å². The molecule has 19 heavy (non-hydrogen) atoms. The Bertz CT molecular complexity index is 567. The van der Waals surface area contributed by atoms with E-state index in [0.717, 1.165) is 6.07 Å². The summed E-state index contributed by atoms with van der Waals surface area (Å²) in [6, 6.07) is 3.72. The number of rotatable bonds is 6. The van der Waals surface area contributed by atoms with Gasteiger partial charge < -0.3 is 10.4 Å². The second-order valence-electron chi connectivity index (χ2n) is 4.32. The van der Waals surface area contributed by atoms with Crippen molar-refractivity contribution in [3.8, 4) is 0 Å². The van der Waals surface area contributed by atoms with Crippen molar-refractivity contribution in [2.24, 2.45) is 0 Å². The molecule has 0 fully saturated rings. The minimum Gasteiger partial charge on any atom is -0.478 e. The number of hydrogen-bond acceptors (Lipinski definition) is 4. The molecule has 0 heterocycles. The number of sulfonamides is 1. The molecule has 0 radical (unpaired) electrons. The number of anilines is 1. The summed E-state index contributed by atoms with van der Waals surface area (Å²) in [6.45, 7) is 5.77. The first-order valence-electron chi connectivity index (χ1n) is 5.91. The Hall–Kier alpha value is -1.60. The first-order chi connectivity index (χ1) is 8.77. The van der Waals surface area contributed by atoms with Gasteiger partial charge in [-0.2, -0.15) is 0 Å². The number of benzene rings is 1. The maximum Gasteiger partial charge on any atom is 0.335 e. The lowest BCUT2D eigenvalue weighted by atomic mass is 10.2. The van der Waals surface area contributed by atoms with Crippen molar-refractivity contribution in [1.29, 1.82) is 0 Å². The van der Waals surface area contributed by atoms with Crippen molar-refractivity contribution in [2.45, 2.75) is 31.7 Å². The molecule has 0 atom stereocenters. The Labute approximate surface area is 112 Å². The fraction of sp³-hybridized carbons (Fsp3) is 0.417. The summed E-state index contributed by atoms with van der Waals surface area (Å²) in [5, 5.41) is 11.9. The van der Waals surface area contributed by atoms with E-state index in [2.05, 4.69) is 10.0 Å². The van der Waals surface area contributed by atoms with Crippen LogP contribution >= 0.6 is 0 Å². The molecule has 0 spiro atoms. The molecule has 106 valence electrons. The van der Waals surface area contributed by atoms with Crippen molar-refractivity contribution in [3.05, 3.63) is 23.8 Å². The van der Waals surface area contributed by atoms with Gasteiger partial charge in [0.1, 0.15) is 4.90 Å². The summed E-state index contributed by atoms with van der Waals surface area (Å²) >= 11 is 0. The first-order valence-corrected chi connectivity index (χ1v) is 7.39. The van der Waals surface area contributed by atoms with Crippen LogP contribution in [0, 0.1) is 0 Å². The van der Waals surface area contributed by atoms with Gasteiger partial charge in [0, 0.05) is 12.6 Å². The molecule has 3 N–H and O–H groups in total. The zero-order valence-electron chi connectivity index (χ0n) is 11.1. The zero-order chi connectivity index (χ0) is 14.6. The van der Waals surface area contributed by atoms with Crippen molar-refractivity contribution in [1.82, 2.24) is 4.72 Å². The molecule has 1 aromatic rings. The lowest BCUT2D eigenvalue weighted by Crippen LogP contribution is -2.31. The van der Waals surface area contributed by atoms with E-state index in [4.69, 9.17) is 5.11 Å². The predicted octanol–water partition coefficient (Wildman–Crippen LogP) is 1.50. The monoisotopic (exact) mass is 286 g/mol. The van der Waals surface area contributed by atoms with Crippen LogP contribution < -0.4 is 10.0 Å². The molecule has 0 saturated carbocycles. The third-order valence-electron chi connectivity index (χ3n) is 2.28. The van der Waals surface area contributed by atoms with E-state index >= 15 is 0 Å². The smallest absolute Gasteiger partial charge is 0.335 e. The van der Waals surface area contributed by atoms with Gasteiger partial charge in [-0.15, -0.1) is 0 Å². The fourth-order valence-corrected chi connectivity index (χ4v) is 3.05. The van der Waals surface area contributed by atoms with E-state index in [9.17, 15) is 13.2 Å². The predicted molar refractivity (Wildman–Crippen MR) is 73.0 cm³/mol. The molecule has 0 aliphatic carbocycles. The normalized spacial score (nSPS) is 11.6. The molecule has 6 nitrogen and oxygen atoms in total. The van der Waals surface area contributed by atoms with Gasteiger partial charge in [0.05, 0.1) is 11.3 Å². The minimum atomic E-state index is -3.74. The Morgan fingerprint density at radius 3 is 2.47 bits per heavy atom. The molecular weight excluding hydrogens is 268 g/mol. The van der Waals surface area contributed by atoms with Gasteiger partial charge in [0.2, 0.25) is 10.0 Å². The highest BCUT2D eigenvalue weighted by molar-refractivity contribution is 7.89. The molecule has 0 aromatic heterocycles. The van der Waals surface area contributed by atoms with Gasteiger partial charge in [-0.25, -0.2) is 17.9 Å². The number of nitrogens with one attached hydrogen (secondary N) is 2. The van der Waals surface area contributed by atoms with E-state index in [1.54, 1.807) is 13.8 Å². The third-order valence-corrected chi connectivity index (χ3v) is 3.97. The second-order valence-corrected chi connectivity index (χ2v) is 6.00. The number of aromatic carboxylic acids is 1. The topological polar surface area (TPSA) is 95.5 Å². The molecule has 7 heteroatoms. The fourth-order valence-electron chi connectivity index (χ4n) is 1.59. The van der Waals surface area contributed by atoms with Crippen LogP contribution in [0.5, 0.6) is 0 Å². The van der Waals surface area contributed by atoms with Crippen LogP contribution in [0.2, 0.25) is 0 Å². The van der Waals surface area contributed by atoms with E-state index < -0.39 is 16.0 Å². The van der Waals surface area contributed by atoms with Crippen molar-refractivity contribution >= 4 is 21.7 Å². The summed E-state index contributed by atoms with van der Waals surface area (Å²) in [5.74, 6) is -1.16. The maximum absolute atomic E-state index is 12.2. The summed E-state index contributed by atoms with van der Waals surface area (Å²) in [5.41, 5.74) is 0.325. The molecule has 0 aliphatic rings. The number of carbonyl (C=O) groups is 1. The van der Waals surface area contributed by atoms with Gasteiger partial charge in [-0.1, -0.05) is 0 Å². The van der Waals surface area contributed by atoms with E-state index in [1.807, 2.05) is 6.92 Å². The van der Waals surface area contributed by atoms with Crippen LogP contribution in [0.3, 0.4) is 0 Å². The highest BCUT2D eigenvalue weighted by Crippen LogP contribution is 2.23. The van der Waals surface area contributed by atoms with Crippen molar-refractivity contribution in [3.63, 3.8) is 0 Å². The largest absolute Gasteiger partial charge is 0.478 e. The van der Waals surface area contributed by atoms with Crippen molar-refractivity contribution in [2.75, 3.05) is 11.9 Å². The summed E-state index contributed by atoms with van der Waals surface area (Å²) in [6.07, 6.45) is 0. The van der Waals surface area contributed by atoms with Gasteiger partial charge in [-0.05, 0) is 39.0 Å². The lowest BCUT2D eigenvalue weighted by molar-refractivity contribution is 0.0696. The zero-order valence-corrected chi connectivity index (χ0v) is 11.9.